The Kier molecular flexibility index (Phi) is 4.48. The Labute approximate surface area is 140 Å². The van der Waals surface area contributed by atoms with Gasteiger partial charge in [-0.2, -0.15) is 0 Å². The number of nitrogens with zero attached hydrogens (tertiary/aromatic N) is 3. The predicted molar refractivity (Wildman–Crippen MR) is 91.6 cm³/mol. The van der Waals surface area contributed by atoms with E-state index in [-0.39, 0.29) is 5.82 Å². The van der Waals surface area contributed by atoms with Crippen LogP contribution in [0.15, 0.2) is 54.7 Å². The lowest BCUT2D eigenvalue weighted by atomic mass is 10.1. The minimum atomic E-state index is -0.277. The van der Waals surface area contributed by atoms with E-state index in [1.165, 1.54) is 12.1 Å². The van der Waals surface area contributed by atoms with Gasteiger partial charge in [-0.25, -0.2) is 14.9 Å². The normalized spacial score (nSPS) is 10.7. The van der Waals surface area contributed by atoms with Crippen LogP contribution in [-0.2, 0) is 6.61 Å². The largest absolute Gasteiger partial charge is 0.472 e. The van der Waals surface area contributed by atoms with E-state index in [2.05, 4.69) is 5.10 Å². The Morgan fingerprint density at radius 2 is 1.92 bits per heavy atom. The van der Waals surface area contributed by atoms with E-state index in [0.717, 1.165) is 22.5 Å². The van der Waals surface area contributed by atoms with Crippen molar-refractivity contribution in [2.75, 3.05) is 12.1 Å². The van der Waals surface area contributed by atoms with Crippen LogP contribution in [0.1, 0.15) is 11.1 Å². The summed E-state index contributed by atoms with van der Waals surface area (Å²) in [7, 11) is 1.79. The lowest BCUT2D eigenvalue weighted by Gasteiger charge is -2.18. The Balaban J connectivity index is 1.76. The third-order valence-corrected chi connectivity index (χ3v) is 3.79. The second-order valence-corrected chi connectivity index (χ2v) is 5.55. The molecule has 5 nitrogen and oxygen atoms in total. The van der Waals surface area contributed by atoms with Gasteiger partial charge in [-0.15, -0.1) is 5.10 Å². The van der Waals surface area contributed by atoms with Gasteiger partial charge in [-0.3, -0.25) is 0 Å². The van der Waals surface area contributed by atoms with Gasteiger partial charge in [0, 0.05) is 24.9 Å². The molecule has 3 rings (SSSR count). The maximum atomic E-state index is 13.0. The van der Waals surface area contributed by atoms with E-state index >= 15 is 0 Å². The number of ether oxygens (including phenoxy) is 1. The maximum absolute atomic E-state index is 13.0. The van der Waals surface area contributed by atoms with Crippen LogP contribution >= 0.6 is 0 Å². The van der Waals surface area contributed by atoms with Crippen molar-refractivity contribution in [2.24, 2.45) is 5.84 Å². The highest BCUT2D eigenvalue weighted by Gasteiger charge is 2.10. The van der Waals surface area contributed by atoms with Crippen LogP contribution in [0.5, 0.6) is 5.88 Å². The van der Waals surface area contributed by atoms with Gasteiger partial charge in [0.1, 0.15) is 12.4 Å². The molecular formula is C18H19FN4O. The second-order valence-electron chi connectivity index (χ2n) is 5.55. The molecule has 24 heavy (non-hydrogen) atoms. The molecule has 0 atom stereocenters. The summed E-state index contributed by atoms with van der Waals surface area (Å²) in [6, 6.07) is 13.8. The highest BCUT2D eigenvalue weighted by Crippen LogP contribution is 2.23. The molecule has 0 radical (unpaired) electrons. The monoisotopic (exact) mass is 326 g/mol. The topological polar surface area (TPSA) is 56.3 Å². The second kappa shape index (κ2) is 6.72. The lowest BCUT2D eigenvalue weighted by Crippen LogP contribution is -2.26. The van der Waals surface area contributed by atoms with Crippen molar-refractivity contribution in [3.63, 3.8) is 0 Å². The van der Waals surface area contributed by atoms with Crippen molar-refractivity contribution >= 4 is 5.69 Å². The van der Waals surface area contributed by atoms with Crippen molar-refractivity contribution < 1.29 is 9.13 Å². The summed E-state index contributed by atoms with van der Waals surface area (Å²) in [6.07, 6.45) is 1.77. The number of anilines is 1. The summed E-state index contributed by atoms with van der Waals surface area (Å²) in [5.41, 5.74) is 3.79. The van der Waals surface area contributed by atoms with Crippen LogP contribution in [0.3, 0.4) is 0 Å². The van der Waals surface area contributed by atoms with Crippen LogP contribution in [0.2, 0.25) is 0 Å². The zero-order chi connectivity index (χ0) is 17.1. The molecule has 1 aromatic heterocycles. The number of hydrogen-bond donors (Lipinski definition) is 1. The Bertz CT molecular complexity index is 827. The Hall–Kier alpha value is -2.86. The minimum Gasteiger partial charge on any atom is -0.472 e. The van der Waals surface area contributed by atoms with E-state index in [4.69, 9.17) is 10.6 Å². The van der Waals surface area contributed by atoms with Crippen LogP contribution in [0.4, 0.5) is 10.1 Å². The molecule has 2 N–H and O–H groups in total. The van der Waals surface area contributed by atoms with Gasteiger partial charge in [-0.05, 0) is 42.8 Å². The molecule has 6 heteroatoms. The van der Waals surface area contributed by atoms with E-state index in [0.29, 0.717) is 12.5 Å². The first kappa shape index (κ1) is 16.0. The van der Waals surface area contributed by atoms with Crippen molar-refractivity contribution in [3.05, 3.63) is 71.7 Å². The molecule has 0 aliphatic rings. The zero-order valence-electron chi connectivity index (χ0n) is 13.6. The van der Waals surface area contributed by atoms with Crippen LogP contribution in [0, 0.1) is 12.7 Å². The van der Waals surface area contributed by atoms with Gasteiger partial charge in [0.05, 0.1) is 11.4 Å². The van der Waals surface area contributed by atoms with Crippen molar-refractivity contribution in [1.82, 2.24) is 9.78 Å². The van der Waals surface area contributed by atoms with E-state index in [1.54, 1.807) is 41.1 Å². The molecule has 0 amide bonds. The van der Waals surface area contributed by atoms with Crippen molar-refractivity contribution in [1.29, 1.82) is 0 Å². The van der Waals surface area contributed by atoms with Gasteiger partial charge in [0.2, 0.25) is 5.88 Å². The third kappa shape index (κ3) is 3.38. The van der Waals surface area contributed by atoms with Crippen LogP contribution < -0.4 is 15.6 Å². The van der Waals surface area contributed by atoms with Gasteiger partial charge in [-0.1, -0.05) is 12.1 Å². The lowest BCUT2D eigenvalue weighted by molar-refractivity contribution is 0.291. The average Bonchev–Trinajstić information content (AvgIpc) is 3.03. The summed E-state index contributed by atoms with van der Waals surface area (Å²) >= 11 is 0. The number of aryl methyl sites for hydroxylation is 1. The van der Waals surface area contributed by atoms with E-state index in [1.807, 2.05) is 25.1 Å². The predicted octanol–water partition coefficient (Wildman–Crippen LogP) is 3.21. The molecule has 0 aliphatic heterocycles. The summed E-state index contributed by atoms with van der Waals surface area (Å²) in [4.78, 5) is 0. The first-order valence-corrected chi connectivity index (χ1v) is 7.56. The minimum absolute atomic E-state index is 0.277. The number of hydrogen-bond acceptors (Lipinski definition) is 4. The summed E-state index contributed by atoms with van der Waals surface area (Å²) in [5.74, 6) is 6.09. The molecular weight excluding hydrogens is 307 g/mol. The molecule has 0 aliphatic carbocycles. The van der Waals surface area contributed by atoms with Crippen molar-refractivity contribution in [2.45, 2.75) is 13.5 Å². The molecule has 0 saturated carbocycles. The van der Waals surface area contributed by atoms with Gasteiger partial charge in [0.15, 0.2) is 0 Å². The summed E-state index contributed by atoms with van der Waals surface area (Å²) < 4.78 is 20.4. The number of benzene rings is 2. The molecule has 0 unspecified atom stereocenters. The highest BCUT2D eigenvalue weighted by molar-refractivity contribution is 5.55. The fourth-order valence-corrected chi connectivity index (χ4v) is 2.47. The number of hydrazine groups is 1. The molecule has 124 valence electrons. The smallest absolute Gasteiger partial charge is 0.233 e. The molecule has 3 aromatic rings. The van der Waals surface area contributed by atoms with E-state index in [9.17, 15) is 4.39 Å². The quantitative estimate of drug-likeness (QED) is 0.578. The SMILES string of the molecule is Cc1cccc(N(C)N)c1COc1ccn(-c2ccc(F)cc2)n1. The molecule has 0 spiro atoms. The van der Waals surface area contributed by atoms with E-state index < -0.39 is 0 Å². The molecule has 2 aromatic carbocycles. The number of rotatable bonds is 5. The fraction of sp³-hybridized carbons (Fsp3) is 0.167. The molecule has 0 saturated heterocycles. The first-order valence-electron chi connectivity index (χ1n) is 7.56. The first-order chi connectivity index (χ1) is 11.5. The Morgan fingerprint density at radius 3 is 2.62 bits per heavy atom. The highest BCUT2D eigenvalue weighted by atomic mass is 19.1. The van der Waals surface area contributed by atoms with Crippen molar-refractivity contribution in [3.8, 4) is 11.6 Å². The molecule has 1 heterocycles. The summed E-state index contributed by atoms with van der Waals surface area (Å²) in [5, 5.41) is 5.93. The molecule has 0 bridgehead atoms. The van der Waals surface area contributed by atoms with Gasteiger partial charge >= 0.3 is 0 Å². The van der Waals surface area contributed by atoms with Crippen LogP contribution in [-0.4, -0.2) is 16.8 Å². The Morgan fingerprint density at radius 1 is 1.17 bits per heavy atom. The van der Waals surface area contributed by atoms with Gasteiger partial charge in [0.25, 0.3) is 0 Å². The maximum Gasteiger partial charge on any atom is 0.233 e. The fourth-order valence-electron chi connectivity index (χ4n) is 2.47. The van der Waals surface area contributed by atoms with Gasteiger partial charge < -0.3 is 9.75 Å². The number of aromatic nitrogens is 2. The zero-order valence-corrected chi connectivity index (χ0v) is 13.6. The molecule has 0 fully saturated rings. The number of nitrogens with two attached hydrogens (primary N) is 1. The standard InChI is InChI=1S/C18H19FN4O/c1-13-4-3-5-17(22(2)20)16(13)12-24-18-10-11-23(21-18)15-8-6-14(19)7-9-15/h3-11H,12,20H2,1-2H3. The summed E-state index contributed by atoms with van der Waals surface area (Å²) in [6.45, 7) is 2.38. The number of halogens is 1. The average molecular weight is 326 g/mol. The van der Waals surface area contributed by atoms with Crippen LogP contribution in [0.25, 0.3) is 5.69 Å². The third-order valence-electron chi connectivity index (χ3n) is 3.79.